The number of β-amino-alcohol motifs (C(OH)–C–C–N with tert-alkyl or cyclic N) is 1. The highest BCUT2D eigenvalue weighted by atomic mass is 32.1. The molecule has 204 valence electrons. The van der Waals surface area contributed by atoms with Gasteiger partial charge < -0.3 is 24.6 Å². The Bertz CT molecular complexity index is 1240. The van der Waals surface area contributed by atoms with Crippen molar-refractivity contribution in [1.29, 1.82) is 0 Å². The molecule has 4 rings (SSSR count). The average molecular weight is 541 g/mol. The van der Waals surface area contributed by atoms with Crippen molar-refractivity contribution in [2.24, 2.45) is 5.92 Å². The van der Waals surface area contributed by atoms with E-state index >= 15 is 0 Å². The van der Waals surface area contributed by atoms with Crippen molar-refractivity contribution in [2.45, 2.75) is 71.6 Å². The maximum Gasteiger partial charge on any atom is 0.254 e. The minimum absolute atomic E-state index is 0.0880. The molecule has 3 heterocycles. The largest absolute Gasteiger partial charge is 0.476 e. The van der Waals surface area contributed by atoms with Crippen molar-refractivity contribution in [3.05, 3.63) is 52.9 Å². The zero-order valence-electron chi connectivity index (χ0n) is 22.5. The molecule has 1 aliphatic heterocycles. The monoisotopic (exact) mass is 540 g/mol. The second kappa shape index (κ2) is 12.1. The quantitative estimate of drug-likeness (QED) is 0.389. The number of hydrogen-bond acceptors (Lipinski definition) is 8. The van der Waals surface area contributed by atoms with Gasteiger partial charge >= 0.3 is 0 Å². The molecule has 0 unspecified atom stereocenters. The summed E-state index contributed by atoms with van der Waals surface area (Å²) in [6, 6.07) is 8.61. The number of amides is 2. The Morgan fingerprint density at radius 3 is 2.63 bits per heavy atom. The number of nitrogens with one attached hydrogen (secondary N) is 1. The molecule has 0 spiro atoms. The number of aromatic nitrogens is 2. The van der Waals surface area contributed by atoms with Crippen LogP contribution in [0, 0.1) is 12.8 Å². The van der Waals surface area contributed by atoms with Gasteiger partial charge in [-0.15, -0.1) is 11.3 Å². The van der Waals surface area contributed by atoms with Crippen LogP contribution >= 0.6 is 11.3 Å². The highest BCUT2D eigenvalue weighted by Crippen LogP contribution is 2.33. The Morgan fingerprint density at radius 2 is 2.00 bits per heavy atom. The fraction of sp³-hybridized carbons (Fsp3) is 0.500. The molecule has 1 saturated heterocycles. The number of likely N-dealkylation sites (tertiary alicyclic amines) is 1. The Morgan fingerprint density at radius 1 is 1.26 bits per heavy atom. The van der Waals surface area contributed by atoms with Crippen molar-refractivity contribution >= 4 is 23.2 Å². The lowest BCUT2D eigenvalue weighted by Crippen LogP contribution is -2.48. The molecule has 0 saturated carbocycles. The molecule has 0 radical (unpaired) electrons. The topological polar surface area (TPSA) is 118 Å². The zero-order valence-corrected chi connectivity index (χ0v) is 23.3. The standard InChI is InChI=1S/C28H36N4O5S/c1-6-11-36-24-13-23(37-31-24)25(16(2)3)28(35)32-14-21(33)12-22(32)27(34)30-17(4)19-7-9-20(10-8-19)26-18(5)29-15-38-26/h7-10,13,15-17,21-22,25,33H,6,11-12,14H2,1-5H3,(H,30,34)/t17-,21+,22-,25+/m0/s1. The maximum absolute atomic E-state index is 13.7. The van der Waals surface area contributed by atoms with E-state index in [1.54, 1.807) is 17.4 Å². The molecular weight excluding hydrogens is 504 g/mol. The summed E-state index contributed by atoms with van der Waals surface area (Å²) >= 11 is 1.60. The molecular formula is C28H36N4O5S. The summed E-state index contributed by atoms with van der Waals surface area (Å²) in [7, 11) is 0. The van der Waals surface area contributed by atoms with Crippen LogP contribution in [0.15, 0.2) is 40.4 Å². The SMILES string of the molecule is CCCOc1cc([C@H](C(=O)N2C[C@H](O)C[C@H]2C(=O)N[C@@H](C)c2ccc(-c3scnc3C)cc2)C(C)C)on1. The molecule has 2 aromatic heterocycles. The molecule has 2 amide bonds. The van der Waals surface area contributed by atoms with Crippen LogP contribution in [0.25, 0.3) is 10.4 Å². The van der Waals surface area contributed by atoms with Gasteiger partial charge in [0.15, 0.2) is 5.76 Å². The average Bonchev–Trinajstić information content (AvgIpc) is 3.62. The Balaban J connectivity index is 1.46. The fourth-order valence-electron chi connectivity index (χ4n) is 4.81. The number of aliphatic hydroxyl groups is 1. The molecule has 10 heteroatoms. The Kier molecular flexibility index (Phi) is 8.83. The lowest BCUT2D eigenvalue weighted by atomic mass is 9.91. The molecule has 1 aromatic carbocycles. The molecule has 1 fully saturated rings. The van der Waals surface area contributed by atoms with Crippen LogP contribution in [-0.2, 0) is 9.59 Å². The van der Waals surface area contributed by atoms with Gasteiger partial charge in [0.05, 0.1) is 34.8 Å². The van der Waals surface area contributed by atoms with E-state index in [2.05, 4.69) is 15.5 Å². The third kappa shape index (κ3) is 6.07. The Hall–Kier alpha value is -3.24. The van der Waals surface area contributed by atoms with E-state index in [1.165, 1.54) is 4.90 Å². The lowest BCUT2D eigenvalue weighted by molar-refractivity contribution is -0.141. The van der Waals surface area contributed by atoms with E-state index in [-0.39, 0.29) is 36.7 Å². The van der Waals surface area contributed by atoms with Gasteiger partial charge in [-0.2, -0.15) is 0 Å². The predicted molar refractivity (Wildman–Crippen MR) is 145 cm³/mol. The van der Waals surface area contributed by atoms with Crippen LogP contribution in [0.4, 0.5) is 0 Å². The number of ether oxygens (including phenoxy) is 1. The minimum Gasteiger partial charge on any atom is -0.476 e. The highest BCUT2D eigenvalue weighted by Gasteiger charge is 2.43. The minimum atomic E-state index is -0.780. The van der Waals surface area contributed by atoms with E-state index in [0.717, 1.165) is 28.1 Å². The molecule has 2 N–H and O–H groups in total. The summed E-state index contributed by atoms with van der Waals surface area (Å²) in [5, 5.41) is 17.4. The van der Waals surface area contributed by atoms with Gasteiger partial charge in [0.2, 0.25) is 11.8 Å². The summed E-state index contributed by atoms with van der Waals surface area (Å²) in [6.07, 6.45) is 0.226. The van der Waals surface area contributed by atoms with Crippen LogP contribution in [0.1, 0.15) is 69.5 Å². The number of benzene rings is 1. The third-order valence-corrected chi connectivity index (χ3v) is 7.82. The predicted octanol–water partition coefficient (Wildman–Crippen LogP) is 4.47. The van der Waals surface area contributed by atoms with E-state index < -0.39 is 18.1 Å². The van der Waals surface area contributed by atoms with E-state index in [1.807, 2.05) is 64.4 Å². The van der Waals surface area contributed by atoms with Crippen molar-refractivity contribution in [3.63, 3.8) is 0 Å². The summed E-state index contributed by atoms with van der Waals surface area (Å²) in [5.41, 5.74) is 4.85. The Labute approximate surface area is 227 Å². The van der Waals surface area contributed by atoms with Crippen LogP contribution in [-0.4, -0.2) is 57.3 Å². The van der Waals surface area contributed by atoms with Crippen LogP contribution < -0.4 is 10.1 Å². The van der Waals surface area contributed by atoms with Gasteiger partial charge in [0.25, 0.3) is 5.88 Å². The van der Waals surface area contributed by atoms with Gasteiger partial charge in [0, 0.05) is 19.0 Å². The summed E-state index contributed by atoms with van der Waals surface area (Å²) in [5.74, 6) is -0.607. The third-order valence-electron chi connectivity index (χ3n) is 6.84. The first-order valence-electron chi connectivity index (χ1n) is 13.1. The number of carbonyl (C=O) groups is 2. The van der Waals surface area contributed by atoms with Crippen molar-refractivity contribution in [1.82, 2.24) is 20.4 Å². The number of aliphatic hydroxyl groups excluding tert-OH is 1. The maximum atomic E-state index is 13.7. The van der Waals surface area contributed by atoms with Gasteiger partial charge in [-0.25, -0.2) is 4.98 Å². The first-order valence-corrected chi connectivity index (χ1v) is 14.0. The molecule has 38 heavy (non-hydrogen) atoms. The van der Waals surface area contributed by atoms with Gasteiger partial charge in [-0.3, -0.25) is 9.59 Å². The van der Waals surface area contributed by atoms with Crippen molar-refractivity contribution < 1.29 is 24.0 Å². The highest BCUT2D eigenvalue weighted by molar-refractivity contribution is 7.13. The number of nitrogens with zero attached hydrogens (tertiary/aromatic N) is 3. The molecule has 4 atom stereocenters. The molecule has 1 aliphatic rings. The van der Waals surface area contributed by atoms with Crippen LogP contribution in [0.5, 0.6) is 5.88 Å². The molecule has 0 aliphatic carbocycles. The van der Waals surface area contributed by atoms with Gasteiger partial charge in [0.1, 0.15) is 12.0 Å². The second-order valence-corrected chi connectivity index (χ2v) is 11.0. The molecule has 9 nitrogen and oxygen atoms in total. The summed E-state index contributed by atoms with van der Waals surface area (Å²) in [6.45, 7) is 10.3. The van der Waals surface area contributed by atoms with E-state index in [4.69, 9.17) is 9.26 Å². The second-order valence-electron chi connectivity index (χ2n) is 10.2. The summed E-state index contributed by atoms with van der Waals surface area (Å²) in [4.78, 5) is 34.0. The zero-order chi connectivity index (χ0) is 27.4. The molecule has 0 bridgehead atoms. The van der Waals surface area contributed by atoms with E-state index in [9.17, 15) is 14.7 Å². The first-order chi connectivity index (χ1) is 18.2. The van der Waals surface area contributed by atoms with E-state index in [0.29, 0.717) is 18.2 Å². The number of rotatable bonds is 10. The molecule has 3 aromatic rings. The first kappa shape index (κ1) is 27.8. The normalized spacial score (nSPS) is 19.0. The fourth-order valence-corrected chi connectivity index (χ4v) is 5.62. The van der Waals surface area contributed by atoms with Crippen molar-refractivity contribution in [3.8, 4) is 16.3 Å². The van der Waals surface area contributed by atoms with Gasteiger partial charge in [-0.1, -0.05) is 45.0 Å². The number of aryl methyl sites for hydroxylation is 1. The number of hydrogen-bond donors (Lipinski definition) is 2. The number of carbonyl (C=O) groups excluding carboxylic acids is 2. The lowest BCUT2D eigenvalue weighted by Gasteiger charge is -2.29. The summed E-state index contributed by atoms with van der Waals surface area (Å²) < 4.78 is 11.0. The van der Waals surface area contributed by atoms with Crippen molar-refractivity contribution in [2.75, 3.05) is 13.2 Å². The number of thiazole rings is 1. The van der Waals surface area contributed by atoms with Crippen LogP contribution in [0.3, 0.4) is 0 Å². The van der Waals surface area contributed by atoms with Crippen LogP contribution in [0.2, 0.25) is 0 Å². The van der Waals surface area contributed by atoms with Gasteiger partial charge in [-0.05, 0) is 42.5 Å². The smallest absolute Gasteiger partial charge is 0.254 e.